The number of imide groups is 1. The monoisotopic (exact) mass is 751 g/mol. The third-order valence-electron chi connectivity index (χ3n) is 7.31. The molecule has 0 bridgehead atoms. The number of hydrogen-bond acceptors (Lipinski definition) is 10. The number of aliphatic imine (C=N–C) groups is 1. The zero-order chi connectivity index (χ0) is 37.4. The van der Waals surface area contributed by atoms with Gasteiger partial charge < -0.3 is 0 Å². The number of guanidine groups is 1. The maximum atomic E-state index is 15.1. The van der Waals surface area contributed by atoms with Crippen LogP contribution in [0.15, 0.2) is 35.7 Å². The molecule has 2 aromatic carbocycles. The first kappa shape index (κ1) is 36.4. The zero-order valence-corrected chi connectivity index (χ0v) is 30.5. The number of fused-ring (bicyclic) bond motifs is 4. The highest BCUT2D eigenvalue weighted by molar-refractivity contribution is 7.48. The molecular weight excluding hydrogens is 718 g/mol. The quantitative estimate of drug-likeness (QED) is 0.136. The Kier molecular flexibility index (Phi) is 9.08. The molecule has 15 nitrogen and oxygen atoms in total. The van der Waals surface area contributed by atoms with Gasteiger partial charge in [-0.3, -0.25) is 27.8 Å². The fourth-order valence-corrected chi connectivity index (χ4v) is 7.67. The Bertz CT molecular complexity index is 2140. The molecule has 272 valence electrons. The molecule has 2 aliphatic rings. The highest BCUT2D eigenvalue weighted by atomic mass is 35.5. The number of carbonyl (C=O) groups excluding carboxylic acids is 2. The minimum atomic E-state index is -4.69. The third-order valence-corrected chi connectivity index (χ3v) is 9.59. The number of nitrogens with zero attached hydrogens (tertiary/aromatic N) is 9. The van der Waals surface area contributed by atoms with Gasteiger partial charge in [0.2, 0.25) is 5.96 Å². The van der Waals surface area contributed by atoms with E-state index in [0.29, 0.717) is 23.0 Å². The molecule has 6 rings (SSSR count). The number of halogens is 4. The summed E-state index contributed by atoms with van der Waals surface area (Å²) in [4.78, 5) is 40.0. The molecule has 1 unspecified atom stereocenters. The standard InChI is InChI=1S/C31H34ClF3N9O6P/c1-30(2,3)49-51(47,50-31(4,5)6)48-26-24-17-13-40(7)38-22(17)10-18(32)25(24)37-27-42(12-16-9-20(34)21(35)11-19(16)33)28(45)43(29(46)44(26)27)14-23-36-15-41(8)39-23/h9-11,13,15,26H,12,14H2,1-8H3. The Morgan fingerprint density at radius 3 is 2.12 bits per heavy atom. The lowest BCUT2D eigenvalue weighted by molar-refractivity contribution is -0.0344. The average Bonchev–Trinajstić information content (AvgIpc) is 3.57. The molecule has 20 heteroatoms. The molecule has 0 spiro atoms. The van der Waals surface area contributed by atoms with Gasteiger partial charge in [-0.05, 0) is 53.7 Å². The van der Waals surface area contributed by atoms with Crippen molar-refractivity contribution in [3.8, 4) is 0 Å². The number of phosphoric ester groups is 1. The number of urea groups is 2. The topological polar surface area (TPSA) is 150 Å². The van der Waals surface area contributed by atoms with Gasteiger partial charge in [0, 0.05) is 42.9 Å². The second-order valence-electron chi connectivity index (χ2n) is 13.9. The van der Waals surface area contributed by atoms with Gasteiger partial charge in [0.1, 0.15) is 12.1 Å². The molecule has 4 heterocycles. The lowest BCUT2D eigenvalue weighted by Crippen LogP contribution is -2.65. The second-order valence-corrected chi connectivity index (χ2v) is 15.8. The van der Waals surface area contributed by atoms with Gasteiger partial charge in [0.05, 0.1) is 40.5 Å². The Labute approximate surface area is 295 Å². The van der Waals surface area contributed by atoms with Crippen molar-refractivity contribution < 1.29 is 40.9 Å². The first-order valence-electron chi connectivity index (χ1n) is 15.5. The van der Waals surface area contributed by atoms with Gasteiger partial charge in [-0.2, -0.15) is 10.2 Å². The Morgan fingerprint density at radius 2 is 1.51 bits per heavy atom. The van der Waals surface area contributed by atoms with Crippen LogP contribution in [0.3, 0.4) is 0 Å². The van der Waals surface area contributed by atoms with E-state index in [1.807, 2.05) is 0 Å². The first-order valence-corrected chi connectivity index (χ1v) is 17.3. The van der Waals surface area contributed by atoms with Crippen LogP contribution in [0.25, 0.3) is 10.9 Å². The number of rotatable bonds is 8. The van der Waals surface area contributed by atoms with E-state index in [9.17, 15) is 22.9 Å². The average molecular weight is 752 g/mol. The molecule has 4 aromatic rings. The summed E-state index contributed by atoms with van der Waals surface area (Å²) >= 11 is 6.76. The molecule has 0 radical (unpaired) electrons. The molecule has 1 fully saturated rings. The SMILES string of the molecule is Cn1cnc(CN2C(=O)N(Cc3cc(F)c(F)cc3F)C3=Nc4c(Cl)cc5nn(C)cc5c4C(OP(=O)(OC(C)(C)C)OC(C)(C)C)N3C2=O)n1. The van der Waals surface area contributed by atoms with Crippen LogP contribution >= 0.6 is 19.4 Å². The lowest BCUT2D eigenvalue weighted by atomic mass is 10.0. The van der Waals surface area contributed by atoms with Gasteiger partial charge >= 0.3 is 19.9 Å². The van der Waals surface area contributed by atoms with Crippen molar-refractivity contribution in [1.29, 1.82) is 0 Å². The molecule has 1 saturated heterocycles. The lowest BCUT2D eigenvalue weighted by Gasteiger charge is -2.46. The maximum absolute atomic E-state index is 15.1. The van der Waals surface area contributed by atoms with Gasteiger partial charge in [-0.25, -0.2) is 47.1 Å². The summed E-state index contributed by atoms with van der Waals surface area (Å²) in [5, 5.41) is 8.97. The number of benzene rings is 2. The molecular formula is C31H34ClF3N9O6P. The molecule has 2 aliphatic heterocycles. The normalized spacial score (nSPS) is 17.0. The van der Waals surface area contributed by atoms with Crippen molar-refractivity contribution in [3.05, 3.63) is 70.1 Å². The summed E-state index contributed by atoms with van der Waals surface area (Å²) < 4.78 is 79.2. The van der Waals surface area contributed by atoms with E-state index < -0.39 is 79.4 Å². The van der Waals surface area contributed by atoms with Crippen molar-refractivity contribution in [2.75, 3.05) is 0 Å². The molecule has 0 N–H and O–H groups in total. The van der Waals surface area contributed by atoms with Gasteiger partial charge in [0.25, 0.3) is 0 Å². The molecule has 1 atom stereocenters. The minimum absolute atomic E-state index is 0.000711. The van der Waals surface area contributed by atoms with Crippen molar-refractivity contribution >= 4 is 54.0 Å². The van der Waals surface area contributed by atoms with Gasteiger partial charge in [-0.15, -0.1) is 0 Å². The molecule has 51 heavy (non-hydrogen) atoms. The predicted molar refractivity (Wildman–Crippen MR) is 177 cm³/mol. The van der Waals surface area contributed by atoms with E-state index in [-0.39, 0.29) is 22.1 Å². The summed E-state index contributed by atoms with van der Waals surface area (Å²) in [5.74, 6) is -4.41. The Hall–Kier alpha value is -4.35. The summed E-state index contributed by atoms with van der Waals surface area (Å²) in [6.45, 7) is 8.49. The third kappa shape index (κ3) is 7.23. The first-order chi connectivity index (χ1) is 23.6. The highest BCUT2D eigenvalue weighted by Crippen LogP contribution is 2.61. The van der Waals surface area contributed by atoms with Crippen LogP contribution in [0, 0.1) is 17.5 Å². The number of hydrogen-bond donors (Lipinski definition) is 0. The number of amides is 4. The largest absolute Gasteiger partial charge is 0.478 e. The number of aryl methyl sites for hydroxylation is 2. The van der Waals surface area contributed by atoms with Gasteiger partial charge in [-0.1, -0.05) is 11.6 Å². The van der Waals surface area contributed by atoms with Crippen molar-refractivity contribution in [2.45, 2.75) is 72.1 Å². The van der Waals surface area contributed by atoms with Crippen LogP contribution in [0.1, 0.15) is 64.7 Å². The van der Waals surface area contributed by atoms with Crippen LogP contribution in [0.2, 0.25) is 5.02 Å². The predicted octanol–water partition coefficient (Wildman–Crippen LogP) is 7.09. The van der Waals surface area contributed by atoms with Crippen LogP contribution in [-0.2, 0) is 45.3 Å². The smallest absolute Gasteiger partial charge is 0.281 e. The molecule has 0 aliphatic carbocycles. The van der Waals surface area contributed by atoms with E-state index in [1.165, 1.54) is 21.8 Å². The van der Waals surface area contributed by atoms with E-state index in [2.05, 4.69) is 20.2 Å². The number of phosphoric acid groups is 1. The van der Waals surface area contributed by atoms with E-state index >= 15 is 4.39 Å². The Morgan fingerprint density at radius 1 is 0.863 bits per heavy atom. The second kappa shape index (κ2) is 12.7. The van der Waals surface area contributed by atoms with E-state index in [1.54, 1.807) is 61.8 Å². The van der Waals surface area contributed by atoms with Crippen molar-refractivity contribution in [1.82, 2.24) is 39.2 Å². The Balaban J connectivity index is 1.61. The molecule has 2 aromatic heterocycles. The summed E-state index contributed by atoms with van der Waals surface area (Å²) in [6, 6.07) is 0.324. The van der Waals surface area contributed by atoms with Crippen LogP contribution in [0.4, 0.5) is 28.4 Å². The summed E-state index contributed by atoms with van der Waals surface area (Å²) in [5.41, 5.74) is -2.22. The highest BCUT2D eigenvalue weighted by Gasteiger charge is 2.53. The molecule has 4 amide bonds. The number of aromatic nitrogens is 5. The molecule has 0 saturated carbocycles. The van der Waals surface area contributed by atoms with Gasteiger partial charge in [0.15, 0.2) is 23.7 Å². The summed E-state index contributed by atoms with van der Waals surface area (Å²) in [6.07, 6.45) is 1.21. The number of carbonyl (C=O) groups is 2. The maximum Gasteiger partial charge on any atom is 0.478 e. The van der Waals surface area contributed by atoms with Crippen molar-refractivity contribution in [2.24, 2.45) is 19.1 Å². The van der Waals surface area contributed by atoms with Crippen LogP contribution in [0.5, 0.6) is 0 Å². The van der Waals surface area contributed by atoms with Crippen molar-refractivity contribution in [3.63, 3.8) is 0 Å². The van der Waals surface area contributed by atoms with Crippen LogP contribution in [-0.4, -0.2) is 68.5 Å². The van der Waals surface area contributed by atoms with E-state index in [0.717, 1.165) is 14.7 Å². The summed E-state index contributed by atoms with van der Waals surface area (Å²) in [7, 11) is -1.46. The van der Waals surface area contributed by atoms with Crippen LogP contribution < -0.4 is 0 Å². The van der Waals surface area contributed by atoms with E-state index in [4.69, 9.17) is 25.2 Å². The fraction of sp³-hybridized carbons (Fsp3) is 0.419. The minimum Gasteiger partial charge on any atom is -0.281 e. The fourth-order valence-electron chi connectivity index (χ4n) is 5.52. The zero-order valence-electron chi connectivity index (χ0n) is 28.8.